The van der Waals surface area contributed by atoms with Gasteiger partial charge >= 0.3 is 0 Å². The van der Waals surface area contributed by atoms with Crippen molar-refractivity contribution in [3.63, 3.8) is 0 Å². The van der Waals surface area contributed by atoms with E-state index in [1.165, 1.54) is 0 Å². The monoisotopic (exact) mass is 447 g/mol. The van der Waals surface area contributed by atoms with Gasteiger partial charge in [0, 0.05) is 41.7 Å². The van der Waals surface area contributed by atoms with Crippen LogP contribution in [0, 0.1) is 5.92 Å². The van der Waals surface area contributed by atoms with Crippen LogP contribution in [0.25, 0.3) is 10.9 Å². The number of nitrogens with two attached hydrogens (primary N) is 1. The number of halogens is 1. The van der Waals surface area contributed by atoms with E-state index in [2.05, 4.69) is 39.7 Å². The van der Waals surface area contributed by atoms with E-state index in [9.17, 15) is 4.79 Å². The molecule has 1 fully saturated rings. The number of ketones is 1. The zero-order chi connectivity index (χ0) is 20.3. The average Bonchev–Trinajstić information content (AvgIpc) is 2.69. The number of Topliss-reactive ketones (excluding diaryl/α,β-unsaturated/α-hetero) is 1. The molecule has 28 heavy (non-hydrogen) atoms. The third-order valence-corrected chi connectivity index (χ3v) is 6.48. The molecular formula is C22H30BrN3O2. The number of methoxy groups -OCH3 is 1. The summed E-state index contributed by atoms with van der Waals surface area (Å²) in [4.78, 5) is 19.8. The second-order valence-electron chi connectivity index (χ2n) is 8.36. The van der Waals surface area contributed by atoms with E-state index in [1.54, 1.807) is 13.3 Å². The topological polar surface area (TPSA) is 68.5 Å². The summed E-state index contributed by atoms with van der Waals surface area (Å²) in [5, 5.41) is 0.828. The van der Waals surface area contributed by atoms with Crippen molar-refractivity contribution in [2.45, 2.75) is 45.1 Å². The molecule has 1 saturated heterocycles. The summed E-state index contributed by atoms with van der Waals surface area (Å²) < 4.78 is 6.30. The number of carbonyl (C=O) groups excluding carboxylic acids is 1. The van der Waals surface area contributed by atoms with Gasteiger partial charge in [0.1, 0.15) is 0 Å². The van der Waals surface area contributed by atoms with E-state index < -0.39 is 0 Å². The van der Waals surface area contributed by atoms with Gasteiger partial charge in [-0.2, -0.15) is 0 Å². The minimum Gasteiger partial charge on any atom is -0.397 e. The fourth-order valence-corrected chi connectivity index (χ4v) is 4.40. The predicted octanol–water partition coefficient (Wildman–Crippen LogP) is 4.68. The lowest BCUT2D eigenvalue weighted by molar-refractivity contribution is -0.0148. The fraction of sp³-hybridized carbons (Fsp3) is 0.545. The Hall–Kier alpha value is -1.50. The number of pyridine rings is 1. The molecule has 6 heteroatoms. The first-order chi connectivity index (χ1) is 13.3. The van der Waals surface area contributed by atoms with Gasteiger partial charge in [0.05, 0.1) is 16.8 Å². The molecule has 2 N–H and O–H groups in total. The lowest BCUT2D eigenvalue weighted by atomic mass is 9.89. The molecule has 0 atom stereocenters. The zero-order valence-electron chi connectivity index (χ0n) is 17.0. The number of nitrogen functional groups attached to an aromatic ring is 1. The SMILES string of the molecule is COC(C)(C)CN1CCC(CCC(=O)c2cc(Br)c(N)c3cccnc23)CC1. The second kappa shape index (κ2) is 8.89. The predicted molar refractivity (Wildman–Crippen MR) is 118 cm³/mol. The summed E-state index contributed by atoms with van der Waals surface area (Å²) in [5.41, 5.74) is 8.01. The van der Waals surface area contributed by atoms with Crippen LogP contribution in [-0.4, -0.2) is 48.0 Å². The fourth-order valence-electron chi connectivity index (χ4n) is 3.96. The normalized spacial score (nSPS) is 16.6. The van der Waals surface area contributed by atoms with Crippen molar-refractivity contribution in [3.8, 4) is 0 Å². The van der Waals surface area contributed by atoms with Crippen molar-refractivity contribution in [2.24, 2.45) is 5.92 Å². The maximum atomic E-state index is 12.9. The number of fused-ring (bicyclic) bond motifs is 1. The van der Waals surface area contributed by atoms with Gasteiger partial charge in [-0.3, -0.25) is 9.78 Å². The number of hydrogen-bond donors (Lipinski definition) is 1. The Morgan fingerprint density at radius 1 is 1.39 bits per heavy atom. The standard InChI is InChI=1S/C22H30BrN3O2/c1-22(2,28-3)14-26-11-8-15(9-12-26)6-7-19(27)17-13-18(23)20(24)16-5-4-10-25-21(16)17/h4-5,10,13,15H,6-9,11-12,14,24H2,1-3H3. The minimum absolute atomic E-state index is 0.112. The Balaban J connectivity index is 1.59. The zero-order valence-corrected chi connectivity index (χ0v) is 18.6. The minimum atomic E-state index is -0.112. The maximum absolute atomic E-state index is 12.9. The number of likely N-dealkylation sites (tertiary alicyclic amines) is 1. The Bertz CT molecular complexity index is 845. The third kappa shape index (κ3) is 4.91. The van der Waals surface area contributed by atoms with E-state index in [4.69, 9.17) is 10.5 Å². The molecule has 0 unspecified atom stereocenters. The average molecular weight is 448 g/mol. The molecule has 3 rings (SSSR count). The number of ether oxygens (including phenoxy) is 1. The maximum Gasteiger partial charge on any atom is 0.165 e. The first-order valence-electron chi connectivity index (χ1n) is 9.94. The molecule has 152 valence electrons. The lowest BCUT2D eigenvalue weighted by Gasteiger charge is -2.36. The molecule has 1 aromatic heterocycles. The van der Waals surface area contributed by atoms with Crippen LogP contribution in [0.2, 0.25) is 0 Å². The highest BCUT2D eigenvalue weighted by Crippen LogP contribution is 2.32. The summed E-state index contributed by atoms with van der Waals surface area (Å²) in [6.45, 7) is 7.35. The Kier molecular flexibility index (Phi) is 6.73. The number of anilines is 1. The molecule has 2 heterocycles. The first kappa shape index (κ1) is 21.2. The summed E-state index contributed by atoms with van der Waals surface area (Å²) in [7, 11) is 1.77. The number of hydrogen-bond acceptors (Lipinski definition) is 5. The van der Waals surface area contributed by atoms with Crippen LogP contribution < -0.4 is 5.73 Å². The number of nitrogens with zero attached hydrogens (tertiary/aromatic N) is 2. The largest absolute Gasteiger partial charge is 0.397 e. The Morgan fingerprint density at radius 3 is 2.79 bits per heavy atom. The Morgan fingerprint density at radius 2 is 2.11 bits per heavy atom. The smallest absolute Gasteiger partial charge is 0.165 e. The Labute approximate surface area is 175 Å². The molecule has 1 aromatic carbocycles. The summed E-state index contributed by atoms with van der Waals surface area (Å²) >= 11 is 3.48. The summed E-state index contributed by atoms with van der Waals surface area (Å²) in [5.74, 6) is 0.745. The van der Waals surface area contributed by atoms with Crippen molar-refractivity contribution in [2.75, 3.05) is 32.5 Å². The van der Waals surface area contributed by atoms with Gasteiger partial charge in [0.2, 0.25) is 0 Å². The first-order valence-corrected chi connectivity index (χ1v) is 10.7. The van der Waals surface area contributed by atoms with Crippen LogP contribution >= 0.6 is 15.9 Å². The molecule has 2 aromatic rings. The van der Waals surface area contributed by atoms with Gasteiger partial charge < -0.3 is 15.4 Å². The molecule has 0 radical (unpaired) electrons. The van der Waals surface area contributed by atoms with Crippen LogP contribution in [-0.2, 0) is 4.74 Å². The molecule has 0 amide bonds. The van der Waals surface area contributed by atoms with Gasteiger partial charge in [-0.15, -0.1) is 0 Å². The van der Waals surface area contributed by atoms with Crippen LogP contribution in [0.15, 0.2) is 28.9 Å². The molecule has 0 bridgehead atoms. The molecule has 0 spiro atoms. The second-order valence-corrected chi connectivity index (χ2v) is 9.22. The number of carbonyl (C=O) groups is 1. The van der Waals surface area contributed by atoms with Crippen molar-refractivity contribution >= 4 is 38.3 Å². The van der Waals surface area contributed by atoms with Crippen molar-refractivity contribution in [1.29, 1.82) is 0 Å². The highest BCUT2D eigenvalue weighted by atomic mass is 79.9. The van der Waals surface area contributed by atoms with Crippen LogP contribution in [0.3, 0.4) is 0 Å². The van der Waals surface area contributed by atoms with E-state index >= 15 is 0 Å². The van der Waals surface area contributed by atoms with E-state index in [0.29, 0.717) is 29.1 Å². The van der Waals surface area contributed by atoms with E-state index in [0.717, 1.165) is 48.8 Å². The van der Waals surface area contributed by atoms with Crippen molar-refractivity contribution in [3.05, 3.63) is 34.4 Å². The van der Waals surface area contributed by atoms with E-state index in [1.807, 2.05) is 18.2 Å². The van der Waals surface area contributed by atoms with Gasteiger partial charge in [-0.1, -0.05) is 0 Å². The molecule has 0 saturated carbocycles. The number of benzene rings is 1. The van der Waals surface area contributed by atoms with Gasteiger partial charge in [0.25, 0.3) is 0 Å². The van der Waals surface area contributed by atoms with Gasteiger partial charge in [-0.05, 0) is 86.2 Å². The highest BCUT2D eigenvalue weighted by molar-refractivity contribution is 9.10. The summed E-state index contributed by atoms with van der Waals surface area (Å²) in [6, 6.07) is 5.58. The summed E-state index contributed by atoms with van der Waals surface area (Å²) in [6.07, 6.45) is 5.46. The number of piperidine rings is 1. The molecular weight excluding hydrogens is 418 g/mol. The van der Waals surface area contributed by atoms with Gasteiger partial charge in [-0.25, -0.2) is 0 Å². The van der Waals surface area contributed by atoms with Crippen LogP contribution in [0.4, 0.5) is 5.69 Å². The molecule has 1 aliphatic rings. The van der Waals surface area contributed by atoms with Crippen LogP contribution in [0.1, 0.15) is 49.9 Å². The van der Waals surface area contributed by atoms with E-state index in [-0.39, 0.29) is 11.4 Å². The third-order valence-electron chi connectivity index (χ3n) is 5.83. The lowest BCUT2D eigenvalue weighted by Crippen LogP contribution is -2.43. The number of aromatic nitrogens is 1. The van der Waals surface area contributed by atoms with Crippen molar-refractivity contribution in [1.82, 2.24) is 9.88 Å². The number of rotatable bonds is 7. The van der Waals surface area contributed by atoms with Gasteiger partial charge in [0.15, 0.2) is 5.78 Å². The highest BCUT2D eigenvalue weighted by Gasteiger charge is 2.26. The molecule has 5 nitrogen and oxygen atoms in total. The quantitative estimate of drug-likeness (QED) is 0.492. The van der Waals surface area contributed by atoms with Crippen molar-refractivity contribution < 1.29 is 9.53 Å². The molecule has 0 aliphatic carbocycles. The molecule has 1 aliphatic heterocycles. The van der Waals surface area contributed by atoms with Crippen LogP contribution in [0.5, 0.6) is 0 Å².